The van der Waals surface area contributed by atoms with Gasteiger partial charge >= 0.3 is 0 Å². The van der Waals surface area contributed by atoms with Gasteiger partial charge < -0.3 is 15.7 Å². The summed E-state index contributed by atoms with van der Waals surface area (Å²) < 4.78 is 26.8. The average molecular weight is 299 g/mol. The summed E-state index contributed by atoms with van der Waals surface area (Å²) in [6.07, 6.45) is -0.177. The molecule has 0 spiro atoms. The van der Waals surface area contributed by atoms with Crippen molar-refractivity contribution in [3.8, 4) is 0 Å². The predicted octanol–water partition coefficient (Wildman–Crippen LogP) is -0.0457. The zero-order chi connectivity index (χ0) is 14.9. The van der Waals surface area contributed by atoms with E-state index in [1.165, 1.54) is 10.4 Å². The third-order valence-electron chi connectivity index (χ3n) is 3.42. The highest BCUT2D eigenvalue weighted by molar-refractivity contribution is 7.89. The Labute approximate surface area is 119 Å². The number of sulfonamides is 1. The van der Waals surface area contributed by atoms with Crippen LogP contribution in [0.2, 0.25) is 0 Å². The molecular formula is C13H21N3O3S. The molecular weight excluding hydrogens is 278 g/mol. The minimum absolute atomic E-state index is 0.109. The first-order valence-corrected chi connectivity index (χ1v) is 7.95. The average Bonchev–Trinajstić information content (AvgIpc) is 2.70. The standard InChI is InChI=1S/C13H21N3O3S/c1-15(2)8-10-7-11(17)9-16(10)20(18,19)13-6-4-3-5-12(13)14/h3-6,10-11,17H,7-9,14H2,1-2H3. The van der Waals surface area contributed by atoms with Gasteiger partial charge in [-0.25, -0.2) is 8.42 Å². The second-order valence-electron chi connectivity index (χ2n) is 5.42. The molecule has 7 heteroatoms. The zero-order valence-electron chi connectivity index (χ0n) is 11.7. The molecule has 2 atom stereocenters. The van der Waals surface area contributed by atoms with Crippen molar-refractivity contribution in [2.45, 2.75) is 23.5 Å². The fourth-order valence-corrected chi connectivity index (χ4v) is 4.37. The Balaban J connectivity index is 2.35. The van der Waals surface area contributed by atoms with Gasteiger partial charge in [0, 0.05) is 19.1 Å². The number of β-amino-alcohol motifs (C(OH)–C–C–N with tert-alkyl or cyclic N) is 1. The molecule has 20 heavy (non-hydrogen) atoms. The SMILES string of the molecule is CN(C)CC1CC(O)CN1S(=O)(=O)c1ccccc1N. The molecule has 1 fully saturated rings. The van der Waals surface area contributed by atoms with Gasteiger partial charge in [-0.3, -0.25) is 0 Å². The van der Waals surface area contributed by atoms with Gasteiger partial charge in [-0.2, -0.15) is 4.31 Å². The molecule has 112 valence electrons. The maximum absolute atomic E-state index is 12.7. The largest absolute Gasteiger partial charge is 0.398 e. The number of likely N-dealkylation sites (N-methyl/N-ethyl adjacent to an activating group) is 1. The maximum atomic E-state index is 12.7. The number of aliphatic hydroxyl groups is 1. The van der Waals surface area contributed by atoms with Crippen LogP contribution >= 0.6 is 0 Å². The van der Waals surface area contributed by atoms with Crippen LogP contribution in [-0.4, -0.2) is 62.1 Å². The van der Waals surface area contributed by atoms with Crippen molar-refractivity contribution in [3.63, 3.8) is 0 Å². The minimum atomic E-state index is -3.68. The normalized spacial score (nSPS) is 24.4. The van der Waals surface area contributed by atoms with E-state index in [2.05, 4.69) is 0 Å². The highest BCUT2D eigenvalue weighted by atomic mass is 32.2. The molecule has 2 unspecified atom stereocenters. The van der Waals surface area contributed by atoms with Crippen molar-refractivity contribution in [2.75, 3.05) is 32.9 Å². The molecule has 6 nitrogen and oxygen atoms in total. The van der Waals surface area contributed by atoms with Crippen LogP contribution in [0.3, 0.4) is 0 Å². The Morgan fingerprint density at radius 2 is 2.05 bits per heavy atom. The summed E-state index contributed by atoms with van der Waals surface area (Å²) in [5.74, 6) is 0. The number of nitrogens with two attached hydrogens (primary N) is 1. The van der Waals surface area contributed by atoms with Crippen LogP contribution in [0.4, 0.5) is 5.69 Å². The lowest BCUT2D eigenvalue weighted by atomic mass is 10.2. The van der Waals surface area contributed by atoms with Crippen LogP contribution in [0.25, 0.3) is 0 Å². The van der Waals surface area contributed by atoms with Gasteiger partial charge in [-0.1, -0.05) is 12.1 Å². The van der Waals surface area contributed by atoms with Crippen LogP contribution in [-0.2, 0) is 10.0 Å². The summed E-state index contributed by atoms with van der Waals surface area (Å²) >= 11 is 0. The van der Waals surface area contributed by atoms with E-state index in [0.717, 1.165) is 0 Å². The van der Waals surface area contributed by atoms with E-state index in [4.69, 9.17) is 5.73 Å². The molecule has 0 amide bonds. The summed E-state index contributed by atoms with van der Waals surface area (Å²) in [5, 5.41) is 9.81. The number of nitrogens with zero attached hydrogens (tertiary/aromatic N) is 2. The predicted molar refractivity (Wildman–Crippen MR) is 77.7 cm³/mol. The molecule has 0 saturated carbocycles. The van der Waals surface area contributed by atoms with Gasteiger partial charge in [0.05, 0.1) is 11.8 Å². The second kappa shape index (κ2) is 5.69. The number of anilines is 1. The Hall–Kier alpha value is -1.15. The van der Waals surface area contributed by atoms with E-state index < -0.39 is 16.1 Å². The highest BCUT2D eigenvalue weighted by Gasteiger charge is 2.40. The summed E-state index contributed by atoms with van der Waals surface area (Å²) in [6.45, 7) is 0.693. The van der Waals surface area contributed by atoms with Crippen molar-refractivity contribution < 1.29 is 13.5 Å². The molecule has 0 aromatic heterocycles. The molecule has 1 heterocycles. The van der Waals surface area contributed by atoms with E-state index >= 15 is 0 Å². The molecule has 1 aliphatic rings. The van der Waals surface area contributed by atoms with E-state index in [0.29, 0.717) is 13.0 Å². The zero-order valence-corrected chi connectivity index (χ0v) is 12.5. The molecule has 0 aliphatic carbocycles. The first kappa shape index (κ1) is 15.2. The Bertz CT molecular complexity index is 574. The van der Waals surface area contributed by atoms with Crippen molar-refractivity contribution >= 4 is 15.7 Å². The van der Waals surface area contributed by atoms with Crippen molar-refractivity contribution in [1.29, 1.82) is 0 Å². The van der Waals surface area contributed by atoms with E-state index in [-0.39, 0.29) is 23.2 Å². The van der Waals surface area contributed by atoms with Crippen molar-refractivity contribution in [2.24, 2.45) is 0 Å². The smallest absolute Gasteiger partial charge is 0.245 e. The van der Waals surface area contributed by atoms with Crippen LogP contribution in [0.5, 0.6) is 0 Å². The van der Waals surface area contributed by atoms with Gasteiger partial charge in [-0.05, 0) is 32.6 Å². The van der Waals surface area contributed by atoms with Gasteiger partial charge in [0.1, 0.15) is 4.90 Å². The van der Waals surface area contributed by atoms with Crippen molar-refractivity contribution in [1.82, 2.24) is 9.21 Å². The van der Waals surface area contributed by atoms with E-state index in [1.54, 1.807) is 18.2 Å². The number of para-hydroxylation sites is 1. The summed E-state index contributed by atoms with van der Waals surface area (Å²) in [6, 6.07) is 6.19. The van der Waals surface area contributed by atoms with E-state index in [9.17, 15) is 13.5 Å². The lowest BCUT2D eigenvalue weighted by molar-refractivity contribution is 0.188. The van der Waals surface area contributed by atoms with Crippen LogP contribution in [0.15, 0.2) is 29.2 Å². The number of hydrogen-bond donors (Lipinski definition) is 2. The third-order valence-corrected chi connectivity index (χ3v) is 5.42. The number of aliphatic hydroxyl groups excluding tert-OH is 1. The summed E-state index contributed by atoms with van der Waals surface area (Å²) in [5.41, 5.74) is 6.01. The molecule has 0 radical (unpaired) electrons. The van der Waals surface area contributed by atoms with Crippen LogP contribution in [0.1, 0.15) is 6.42 Å². The van der Waals surface area contributed by atoms with Gasteiger partial charge in [0.2, 0.25) is 10.0 Å². The molecule has 2 rings (SSSR count). The summed E-state index contributed by atoms with van der Waals surface area (Å²) in [7, 11) is 0.0872. The quantitative estimate of drug-likeness (QED) is 0.762. The monoisotopic (exact) mass is 299 g/mol. The maximum Gasteiger partial charge on any atom is 0.245 e. The number of nitrogen functional groups attached to an aromatic ring is 1. The lowest BCUT2D eigenvalue weighted by Gasteiger charge is -2.26. The third kappa shape index (κ3) is 2.95. The fraction of sp³-hybridized carbons (Fsp3) is 0.538. The number of rotatable bonds is 4. The molecule has 1 saturated heterocycles. The molecule has 3 N–H and O–H groups in total. The second-order valence-corrected chi connectivity index (χ2v) is 7.28. The fourth-order valence-electron chi connectivity index (χ4n) is 2.59. The molecule has 0 bridgehead atoms. The lowest BCUT2D eigenvalue weighted by Crippen LogP contribution is -2.41. The minimum Gasteiger partial charge on any atom is -0.398 e. The molecule has 1 aromatic rings. The molecule has 1 aliphatic heterocycles. The van der Waals surface area contributed by atoms with Crippen molar-refractivity contribution in [3.05, 3.63) is 24.3 Å². The van der Waals surface area contributed by atoms with Gasteiger partial charge in [0.25, 0.3) is 0 Å². The van der Waals surface area contributed by atoms with E-state index in [1.807, 2.05) is 19.0 Å². The Morgan fingerprint density at radius 3 is 2.65 bits per heavy atom. The number of benzene rings is 1. The van der Waals surface area contributed by atoms with Crippen LogP contribution in [0, 0.1) is 0 Å². The number of hydrogen-bond acceptors (Lipinski definition) is 5. The van der Waals surface area contributed by atoms with Crippen LogP contribution < -0.4 is 5.73 Å². The van der Waals surface area contributed by atoms with Gasteiger partial charge in [0.15, 0.2) is 0 Å². The first-order valence-electron chi connectivity index (χ1n) is 6.51. The highest BCUT2D eigenvalue weighted by Crippen LogP contribution is 2.29. The Kier molecular flexibility index (Phi) is 4.33. The topological polar surface area (TPSA) is 86.9 Å². The molecule has 1 aromatic carbocycles. The Morgan fingerprint density at radius 1 is 1.40 bits per heavy atom. The summed E-state index contributed by atoms with van der Waals surface area (Å²) in [4.78, 5) is 2.03. The first-order chi connectivity index (χ1) is 9.32. The van der Waals surface area contributed by atoms with Gasteiger partial charge in [-0.15, -0.1) is 0 Å².